The van der Waals surface area contributed by atoms with Crippen molar-refractivity contribution in [1.29, 1.82) is 0 Å². The number of hydrogen-bond acceptors (Lipinski definition) is 4. The highest BCUT2D eigenvalue weighted by atomic mass is 16.3. The Balaban J connectivity index is 1.47. The van der Waals surface area contributed by atoms with E-state index in [1.807, 2.05) is 6.92 Å². The van der Waals surface area contributed by atoms with Gasteiger partial charge in [0.2, 0.25) is 0 Å². The van der Waals surface area contributed by atoms with Gasteiger partial charge >= 0.3 is 0 Å². The third kappa shape index (κ3) is 2.72. The second-order valence-electron chi connectivity index (χ2n) is 8.38. The Morgan fingerprint density at radius 2 is 2.11 bits per heavy atom. The molecular formula is C22H25N4O. The first-order chi connectivity index (χ1) is 13.0. The van der Waals surface area contributed by atoms with E-state index in [0.29, 0.717) is 12.5 Å². The highest BCUT2D eigenvalue weighted by Crippen LogP contribution is 2.44. The lowest BCUT2D eigenvalue weighted by Crippen LogP contribution is -2.22. The van der Waals surface area contributed by atoms with Gasteiger partial charge in [-0.2, -0.15) is 0 Å². The Morgan fingerprint density at radius 1 is 1.26 bits per heavy atom. The highest BCUT2D eigenvalue weighted by Gasteiger charge is 2.40. The number of nitrogens with zero attached hydrogens (tertiary/aromatic N) is 3. The summed E-state index contributed by atoms with van der Waals surface area (Å²) in [5.41, 5.74) is 3.42. The number of aliphatic hydroxyl groups is 1. The van der Waals surface area contributed by atoms with Gasteiger partial charge in [-0.25, -0.2) is 9.97 Å². The van der Waals surface area contributed by atoms with Crippen molar-refractivity contribution >= 4 is 16.9 Å². The Morgan fingerprint density at radius 3 is 2.93 bits per heavy atom. The van der Waals surface area contributed by atoms with Crippen LogP contribution in [0.25, 0.3) is 11.0 Å². The lowest BCUT2D eigenvalue weighted by molar-refractivity contribution is 0.0966. The molecule has 0 unspecified atom stereocenters. The maximum Gasteiger partial charge on any atom is 0.145 e. The predicted octanol–water partition coefficient (Wildman–Crippen LogP) is 4.07. The molecule has 0 spiro atoms. The van der Waals surface area contributed by atoms with Gasteiger partial charge in [0.15, 0.2) is 0 Å². The Kier molecular flexibility index (Phi) is 3.76. The van der Waals surface area contributed by atoms with E-state index in [1.165, 1.54) is 11.1 Å². The lowest BCUT2D eigenvalue weighted by atomic mass is 9.89. The molecule has 4 atom stereocenters. The van der Waals surface area contributed by atoms with Crippen molar-refractivity contribution in [2.45, 2.75) is 50.8 Å². The molecule has 1 fully saturated rings. The molecule has 2 aromatic heterocycles. The van der Waals surface area contributed by atoms with Crippen LogP contribution in [0.4, 0.5) is 5.82 Å². The van der Waals surface area contributed by atoms with Crippen molar-refractivity contribution in [2.75, 3.05) is 5.32 Å². The molecule has 5 heteroatoms. The first kappa shape index (κ1) is 16.8. The molecule has 1 saturated carbocycles. The van der Waals surface area contributed by atoms with Crippen molar-refractivity contribution in [3.63, 3.8) is 0 Å². The number of aryl methyl sites for hydroxylation is 1. The smallest absolute Gasteiger partial charge is 0.145 e. The molecule has 2 aliphatic carbocycles. The largest absolute Gasteiger partial charge is 0.392 e. The van der Waals surface area contributed by atoms with Crippen LogP contribution in [0.1, 0.15) is 49.4 Å². The van der Waals surface area contributed by atoms with Crippen LogP contribution in [0.5, 0.6) is 0 Å². The zero-order chi connectivity index (χ0) is 18.6. The van der Waals surface area contributed by atoms with Gasteiger partial charge in [0.25, 0.3) is 0 Å². The summed E-state index contributed by atoms with van der Waals surface area (Å²) in [5, 5.41) is 15.0. The van der Waals surface area contributed by atoms with E-state index < -0.39 is 0 Å². The molecule has 0 amide bonds. The summed E-state index contributed by atoms with van der Waals surface area (Å²) >= 11 is 0. The van der Waals surface area contributed by atoms with Crippen molar-refractivity contribution in [1.82, 2.24) is 14.5 Å². The summed E-state index contributed by atoms with van der Waals surface area (Å²) in [6, 6.07) is 11.2. The SMILES string of the molecule is [CH2][C@]1(C)C[C@@H](n2ccc3c(N[C@H]4CCc5ccccc54)ncnc32)C[C@@H]1O. The number of nitrogens with one attached hydrogen (secondary N) is 1. The number of aromatic nitrogens is 3. The van der Waals surface area contributed by atoms with Crippen LogP contribution >= 0.6 is 0 Å². The fourth-order valence-electron chi connectivity index (χ4n) is 4.76. The monoisotopic (exact) mass is 361 g/mol. The number of rotatable bonds is 3. The number of fused-ring (bicyclic) bond motifs is 2. The van der Waals surface area contributed by atoms with Gasteiger partial charge in [-0.1, -0.05) is 31.2 Å². The van der Waals surface area contributed by atoms with Gasteiger partial charge in [-0.05, 0) is 55.2 Å². The Bertz CT molecular complexity index is 993. The minimum atomic E-state index is -0.380. The van der Waals surface area contributed by atoms with Crippen molar-refractivity contribution < 1.29 is 5.11 Å². The van der Waals surface area contributed by atoms with Gasteiger partial charge in [0.05, 0.1) is 17.5 Å². The molecule has 139 valence electrons. The summed E-state index contributed by atoms with van der Waals surface area (Å²) in [7, 11) is 0. The molecule has 5 nitrogen and oxygen atoms in total. The van der Waals surface area contributed by atoms with Crippen LogP contribution in [0.3, 0.4) is 0 Å². The molecule has 0 bridgehead atoms. The predicted molar refractivity (Wildman–Crippen MR) is 106 cm³/mol. The minimum absolute atomic E-state index is 0.218. The van der Waals surface area contributed by atoms with E-state index in [2.05, 4.69) is 63.3 Å². The van der Waals surface area contributed by atoms with E-state index >= 15 is 0 Å². The zero-order valence-electron chi connectivity index (χ0n) is 15.6. The second-order valence-corrected chi connectivity index (χ2v) is 8.38. The molecule has 0 aliphatic heterocycles. The number of aliphatic hydroxyl groups excluding tert-OH is 1. The average molecular weight is 361 g/mol. The number of benzene rings is 1. The van der Waals surface area contributed by atoms with E-state index in [-0.39, 0.29) is 17.6 Å². The van der Waals surface area contributed by atoms with E-state index in [9.17, 15) is 5.11 Å². The van der Waals surface area contributed by atoms with Gasteiger partial charge in [0.1, 0.15) is 17.8 Å². The third-order valence-corrected chi connectivity index (χ3v) is 6.35. The molecule has 3 aromatic rings. The number of anilines is 1. The molecule has 27 heavy (non-hydrogen) atoms. The summed E-state index contributed by atoms with van der Waals surface area (Å²) in [5.74, 6) is 0.886. The lowest BCUT2D eigenvalue weighted by Gasteiger charge is -2.21. The fourth-order valence-corrected chi connectivity index (χ4v) is 4.76. The van der Waals surface area contributed by atoms with Crippen LogP contribution in [0, 0.1) is 12.3 Å². The van der Waals surface area contributed by atoms with E-state index in [1.54, 1.807) is 6.33 Å². The summed E-state index contributed by atoms with van der Waals surface area (Å²) < 4.78 is 2.18. The van der Waals surface area contributed by atoms with E-state index in [4.69, 9.17) is 0 Å². The molecule has 2 aliphatic rings. The van der Waals surface area contributed by atoms with Crippen molar-refractivity contribution in [3.05, 3.63) is 60.9 Å². The second kappa shape index (κ2) is 6.06. The average Bonchev–Trinajstić information content (AvgIpc) is 3.32. The third-order valence-electron chi connectivity index (χ3n) is 6.35. The Labute approximate surface area is 159 Å². The quantitative estimate of drug-likeness (QED) is 0.738. The Hall–Kier alpha value is -2.40. The molecule has 2 N–H and O–H groups in total. The normalized spacial score (nSPS) is 26.4. The molecule has 5 rings (SSSR count). The van der Waals surface area contributed by atoms with Crippen LogP contribution in [0.15, 0.2) is 42.9 Å². The van der Waals surface area contributed by atoms with Crippen LogP contribution in [-0.4, -0.2) is 25.7 Å². The van der Waals surface area contributed by atoms with Crippen molar-refractivity contribution in [2.24, 2.45) is 5.41 Å². The number of hydrogen-bond donors (Lipinski definition) is 2. The molecular weight excluding hydrogens is 336 g/mol. The maximum atomic E-state index is 10.3. The van der Waals surface area contributed by atoms with E-state index in [0.717, 1.165) is 36.1 Å². The standard InChI is InChI=1S/C22H25N4O/c1-22(2)12-15(11-19(22)27)26-10-9-17-20(23-13-24-21(17)26)25-18-8-7-14-5-3-4-6-16(14)18/h3-6,9-10,13,15,18-19,27H,1,7-8,11-12H2,2H3,(H,23,24,25)/t15-,18-,19-,22-/m0/s1. The van der Waals surface area contributed by atoms with Crippen LogP contribution in [0.2, 0.25) is 0 Å². The minimum Gasteiger partial charge on any atom is -0.392 e. The maximum absolute atomic E-state index is 10.3. The van der Waals surface area contributed by atoms with Crippen LogP contribution in [-0.2, 0) is 6.42 Å². The highest BCUT2D eigenvalue weighted by molar-refractivity contribution is 5.87. The topological polar surface area (TPSA) is 63.0 Å². The first-order valence-electron chi connectivity index (χ1n) is 9.72. The summed E-state index contributed by atoms with van der Waals surface area (Å²) in [6.07, 6.45) is 7.08. The first-order valence-corrected chi connectivity index (χ1v) is 9.72. The summed E-state index contributed by atoms with van der Waals surface area (Å²) in [4.78, 5) is 9.08. The van der Waals surface area contributed by atoms with Gasteiger partial charge in [0, 0.05) is 12.2 Å². The van der Waals surface area contributed by atoms with Gasteiger partial charge in [-0.15, -0.1) is 0 Å². The van der Waals surface area contributed by atoms with Crippen LogP contribution < -0.4 is 5.32 Å². The van der Waals surface area contributed by atoms with Gasteiger partial charge < -0.3 is 15.0 Å². The molecule has 2 heterocycles. The van der Waals surface area contributed by atoms with Crippen molar-refractivity contribution in [3.8, 4) is 0 Å². The molecule has 1 radical (unpaired) electrons. The van der Waals surface area contributed by atoms with Gasteiger partial charge in [-0.3, -0.25) is 0 Å². The molecule has 1 aromatic carbocycles. The summed E-state index contributed by atoms with van der Waals surface area (Å²) in [6.45, 7) is 6.22. The zero-order valence-corrected chi connectivity index (χ0v) is 15.6. The molecule has 0 saturated heterocycles. The fraction of sp³-hybridized carbons (Fsp3) is 0.409.